The third kappa shape index (κ3) is 0.779. The first-order valence-corrected chi connectivity index (χ1v) is 3.72. The number of hydrogen-bond acceptors (Lipinski definition) is 3. The van der Waals surface area contributed by atoms with Gasteiger partial charge < -0.3 is 9.47 Å². The first kappa shape index (κ1) is 6.58. The van der Waals surface area contributed by atoms with E-state index in [-0.39, 0.29) is 0 Å². The summed E-state index contributed by atoms with van der Waals surface area (Å²) in [6.07, 6.45) is 0.657. The molecule has 0 spiro atoms. The van der Waals surface area contributed by atoms with Crippen molar-refractivity contribution in [3.05, 3.63) is 0 Å². The third-order valence-electron chi connectivity index (χ3n) is 2.55. The number of ether oxygens (including phenoxy) is 2. The number of likely N-dealkylation sites (N-methyl/N-ethyl adjacent to an activating group) is 1. The number of hydrogen-bond donors (Lipinski definition) is 0. The van der Waals surface area contributed by atoms with Gasteiger partial charge in [-0.2, -0.15) is 0 Å². The molecule has 2 saturated heterocycles. The van der Waals surface area contributed by atoms with Crippen LogP contribution in [0.2, 0.25) is 0 Å². The van der Waals surface area contributed by atoms with Crippen molar-refractivity contribution >= 4 is 0 Å². The van der Waals surface area contributed by atoms with E-state index in [1.807, 2.05) is 0 Å². The standard InChI is InChI=1S/C7H13NO2/c1-5-7-6(3-8(5)2)9-4-10-7/h5-7H,3-4H2,1-2H3. The van der Waals surface area contributed by atoms with Crippen LogP contribution in [0.1, 0.15) is 6.92 Å². The Morgan fingerprint density at radius 3 is 2.90 bits per heavy atom. The molecule has 0 N–H and O–H groups in total. The molecule has 58 valence electrons. The summed E-state index contributed by atoms with van der Waals surface area (Å²) in [5.41, 5.74) is 0. The molecule has 3 nitrogen and oxygen atoms in total. The smallest absolute Gasteiger partial charge is 0.147 e. The zero-order chi connectivity index (χ0) is 7.14. The average molecular weight is 143 g/mol. The van der Waals surface area contributed by atoms with Crippen LogP contribution in [0.25, 0.3) is 0 Å². The summed E-state index contributed by atoms with van der Waals surface area (Å²) in [5.74, 6) is 0. The second kappa shape index (κ2) is 2.19. The summed E-state index contributed by atoms with van der Waals surface area (Å²) in [4.78, 5) is 2.27. The zero-order valence-corrected chi connectivity index (χ0v) is 6.41. The Morgan fingerprint density at radius 1 is 1.40 bits per heavy atom. The Labute approximate surface area is 60.9 Å². The molecular formula is C7H13NO2. The first-order chi connectivity index (χ1) is 4.79. The fourth-order valence-corrected chi connectivity index (χ4v) is 1.71. The van der Waals surface area contributed by atoms with Crippen LogP contribution >= 0.6 is 0 Å². The molecule has 0 aliphatic carbocycles. The molecule has 3 unspecified atom stereocenters. The van der Waals surface area contributed by atoms with E-state index in [2.05, 4.69) is 18.9 Å². The molecule has 0 bridgehead atoms. The van der Waals surface area contributed by atoms with Crippen LogP contribution in [0.3, 0.4) is 0 Å². The molecule has 0 radical (unpaired) electrons. The molecule has 0 amide bonds. The lowest BCUT2D eigenvalue weighted by Gasteiger charge is -2.17. The summed E-state index contributed by atoms with van der Waals surface area (Å²) in [5, 5.41) is 0. The molecule has 2 heterocycles. The minimum atomic E-state index is 0.324. The van der Waals surface area contributed by atoms with Gasteiger partial charge in [0.15, 0.2) is 0 Å². The molecule has 2 rings (SSSR count). The maximum Gasteiger partial charge on any atom is 0.147 e. The second-order valence-electron chi connectivity index (χ2n) is 3.13. The second-order valence-corrected chi connectivity index (χ2v) is 3.13. The lowest BCUT2D eigenvalue weighted by Crippen LogP contribution is -2.30. The predicted octanol–water partition coefficient (Wildman–Crippen LogP) is 0.0618. The third-order valence-corrected chi connectivity index (χ3v) is 2.55. The van der Waals surface area contributed by atoms with Gasteiger partial charge in [-0.05, 0) is 14.0 Å². The monoisotopic (exact) mass is 143 g/mol. The van der Waals surface area contributed by atoms with Gasteiger partial charge in [-0.1, -0.05) is 0 Å². The van der Waals surface area contributed by atoms with E-state index >= 15 is 0 Å². The molecule has 2 fully saturated rings. The quantitative estimate of drug-likeness (QED) is 0.478. The van der Waals surface area contributed by atoms with Gasteiger partial charge in [0.1, 0.15) is 19.0 Å². The van der Waals surface area contributed by atoms with E-state index in [0.717, 1.165) is 6.54 Å². The summed E-state index contributed by atoms with van der Waals surface area (Å²) in [6, 6.07) is 0.521. The van der Waals surface area contributed by atoms with Crippen molar-refractivity contribution < 1.29 is 9.47 Å². The minimum Gasteiger partial charge on any atom is -0.348 e. The molecule has 3 atom stereocenters. The van der Waals surface area contributed by atoms with Crippen molar-refractivity contribution in [2.45, 2.75) is 25.2 Å². The number of fused-ring (bicyclic) bond motifs is 1. The molecule has 3 heteroatoms. The van der Waals surface area contributed by atoms with E-state index < -0.39 is 0 Å². The van der Waals surface area contributed by atoms with Gasteiger partial charge >= 0.3 is 0 Å². The molecule has 0 aromatic heterocycles. The molecular weight excluding hydrogens is 130 g/mol. The number of likely N-dealkylation sites (tertiary alicyclic amines) is 1. The lowest BCUT2D eigenvalue weighted by molar-refractivity contribution is 0.00667. The SMILES string of the molecule is CC1C2OCOC2CN1C. The van der Waals surface area contributed by atoms with E-state index in [9.17, 15) is 0 Å². The number of nitrogens with zero attached hydrogens (tertiary/aromatic N) is 1. The van der Waals surface area contributed by atoms with E-state index in [1.165, 1.54) is 0 Å². The van der Waals surface area contributed by atoms with Crippen molar-refractivity contribution in [2.75, 3.05) is 20.4 Å². The highest BCUT2D eigenvalue weighted by Gasteiger charge is 2.42. The summed E-state index contributed by atoms with van der Waals surface area (Å²) in [6.45, 7) is 3.69. The van der Waals surface area contributed by atoms with Crippen molar-refractivity contribution in [1.29, 1.82) is 0 Å². The molecule has 2 aliphatic heterocycles. The van der Waals surface area contributed by atoms with Crippen LogP contribution in [0.4, 0.5) is 0 Å². The predicted molar refractivity (Wildman–Crippen MR) is 36.7 cm³/mol. The van der Waals surface area contributed by atoms with Gasteiger partial charge in [0.25, 0.3) is 0 Å². The van der Waals surface area contributed by atoms with E-state index in [1.54, 1.807) is 0 Å². The molecule has 10 heavy (non-hydrogen) atoms. The van der Waals surface area contributed by atoms with Crippen LogP contribution in [-0.4, -0.2) is 43.5 Å². The van der Waals surface area contributed by atoms with Gasteiger partial charge in [0.05, 0.1) is 0 Å². The Kier molecular flexibility index (Phi) is 1.44. The topological polar surface area (TPSA) is 21.7 Å². The van der Waals surface area contributed by atoms with Crippen LogP contribution in [0.15, 0.2) is 0 Å². The summed E-state index contributed by atoms with van der Waals surface area (Å²) >= 11 is 0. The molecule has 0 saturated carbocycles. The minimum absolute atomic E-state index is 0.324. The van der Waals surface area contributed by atoms with Gasteiger partial charge in [-0.15, -0.1) is 0 Å². The Morgan fingerprint density at radius 2 is 2.20 bits per heavy atom. The lowest BCUT2D eigenvalue weighted by atomic mass is 10.2. The van der Waals surface area contributed by atoms with Crippen LogP contribution < -0.4 is 0 Å². The van der Waals surface area contributed by atoms with E-state index in [4.69, 9.17) is 9.47 Å². The average Bonchev–Trinajstić information content (AvgIpc) is 2.41. The van der Waals surface area contributed by atoms with Crippen molar-refractivity contribution in [2.24, 2.45) is 0 Å². The zero-order valence-electron chi connectivity index (χ0n) is 6.41. The summed E-state index contributed by atoms with van der Waals surface area (Å²) < 4.78 is 10.7. The Balaban J connectivity index is 2.09. The van der Waals surface area contributed by atoms with Gasteiger partial charge in [-0.3, -0.25) is 4.90 Å². The maximum absolute atomic E-state index is 5.40. The fourth-order valence-electron chi connectivity index (χ4n) is 1.71. The van der Waals surface area contributed by atoms with Gasteiger partial charge in [0, 0.05) is 12.6 Å². The van der Waals surface area contributed by atoms with Crippen molar-refractivity contribution in [1.82, 2.24) is 4.90 Å². The van der Waals surface area contributed by atoms with Crippen LogP contribution in [0, 0.1) is 0 Å². The maximum atomic E-state index is 5.40. The largest absolute Gasteiger partial charge is 0.348 e. The molecule has 0 aromatic carbocycles. The normalized spacial score (nSPS) is 48.0. The van der Waals surface area contributed by atoms with Crippen LogP contribution in [0.5, 0.6) is 0 Å². The number of rotatable bonds is 0. The highest BCUT2D eigenvalue weighted by molar-refractivity contribution is 4.92. The first-order valence-electron chi connectivity index (χ1n) is 3.72. The van der Waals surface area contributed by atoms with Crippen LogP contribution in [-0.2, 0) is 9.47 Å². The summed E-state index contributed by atoms with van der Waals surface area (Å²) in [7, 11) is 2.11. The Bertz CT molecular complexity index is 138. The van der Waals surface area contributed by atoms with E-state index in [0.29, 0.717) is 25.0 Å². The molecule has 0 aromatic rings. The molecule has 2 aliphatic rings. The highest BCUT2D eigenvalue weighted by Crippen LogP contribution is 2.26. The van der Waals surface area contributed by atoms with Gasteiger partial charge in [-0.25, -0.2) is 0 Å². The van der Waals surface area contributed by atoms with Crippen molar-refractivity contribution in [3.63, 3.8) is 0 Å². The highest BCUT2D eigenvalue weighted by atomic mass is 16.7. The Hall–Kier alpha value is -0.120. The fraction of sp³-hybridized carbons (Fsp3) is 1.00. The van der Waals surface area contributed by atoms with Gasteiger partial charge in [0.2, 0.25) is 0 Å². The van der Waals surface area contributed by atoms with Crippen molar-refractivity contribution in [3.8, 4) is 0 Å².